The molecule has 0 saturated heterocycles. The fourth-order valence-electron chi connectivity index (χ4n) is 1.89. The summed E-state index contributed by atoms with van der Waals surface area (Å²) in [5.41, 5.74) is 7.59. The lowest BCUT2D eigenvalue weighted by atomic mass is 9.80. The van der Waals surface area contributed by atoms with Gasteiger partial charge in [0.1, 0.15) is 0 Å². The lowest BCUT2D eigenvalue weighted by Gasteiger charge is -2.40. The van der Waals surface area contributed by atoms with Gasteiger partial charge in [0, 0.05) is 25.0 Å². The van der Waals surface area contributed by atoms with E-state index >= 15 is 0 Å². The molecular weight excluding hydrogens is 188 g/mol. The molecule has 1 fully saturated rings. The van der Waals surface area contributed by atoms with E-state index in [9.17, 15) is 0 Å². The van der Waals surface area contributed by atoms with Crippen LogP contribution in [0.25, 0.3) is 0 Å². The molecule has 82 valence electrons. The van der Waals surface area contributed by atoms with Crippen molar-refractivity contribution < 1.29 is 4.74 Å². The molecule has 0 atom stereocenters. The number of nitrogens with one attached hydrogen (secondary N) is 1. The Morgan fingerprint density at radius 3 is 2.47 bits per heavy atom. The fourth-order valence-corrected chi connectivity index (χ4v) is 1.89. The minimum atomic E-state index is 0.0708. The molecule has 3 heteroatoms. The van der Waals surface area contributed by atoms with Gasteiger partial charge in [-0.25, -0.2) is 0 Å². The van der Waals surface area contributed by atoms with Gasteiger partial charge >= 0.3 is 0 Å². The van der Waals surface area contributed by atoms with Crippen LogP contribution in [0.5, 0.6) is 0 Å². The van der Waals surface area contributed by atoms with Crippen molar-refractivity contribution >= 4 is 11.4 Å². The van der Waals surface area contributed by atoms with Gasteiger partial charge in [-0.3, -0.25) is 0 Å². The second kappa shape index (κ2) is 4.11. The summed E-state index contributed by atoms with van der Waals surface area (Å²) in [5, 5.41) is 3.38. The van der Waals surface area contributed by atoms with E-state index in [0.717, 1.165) is 30.8 Å². The Bertz CT molecular complexity index is 311. The highest BCUT2D eigenvalue weighted by atomic mass is 16.5. The number of hydrogen-bond acceptors (Lipinski definition) is 3. The zero-order valence-electron chi connectivity index (χ0n) is 9.12. The number of methoxy groups -OCH3 is 1. The SMILES string of the molecule is COC1(CNc2ccc(N)cc2)CCC1. The predicted octanol–water partition coefficient (Wildman–Crippen LogP) is 2.25. The molecule has 15 heavy (non-hydrogen) atoms. The summed E-state index contributed by atoms with van der Waals surface area (Å²) >= 11 is 0. The molecule has 1 saturated carbocycles. The van der Waals surface area contributed by atoms with Crippen LogP contribution in [0.15, 0.2) is 24.3 Å². The number of nitrogens with two attached hydrogens (primary N) is 1. The standard InChI is InChI=1S/C12H18N2O/c1-15-12(7-2-8-12)9-14-11-5-3-10(13)4-6-11/h3-6,14H,2,7-9,13H2,1H3. The van der Waals surface area contributed by atoms with Crippen LogP contribution in [0.3, 0.4) is 0 Å². The Morgan fingerprint density at radius 2 is 2.00 bits per heavy atom. The van der Waals surface area contributed by atoms with Crippen LogP contribution in [0, 0.1) is 0 Å². The monoisotopic (exact) mass is 206 g/mol. The maximum atomic E-state index is 5.62. The molecule has 3 N–H and O–H groups in total. The number of hydrogen-bond donors (Lipinski definition) is 2. The first-order valence-corrected chi connectivity index (χ1v) is 5.39. The van der Waals surface area contributed by atoms with Gasteiger partial charge in [0.25, 0.3) is 0 Å². The third-order valence-corrected chi connectivity index (χ3v) is 3.22. The normalized spacial score (nSPS) is 18.2. The van der Waals surface area contributed by atoms with E-state index in [1.54, 1.807) is 7.11 Å². The Balaban J connectivity index is 1.90. The topological polar surface area (TPSA) is 47.3 Å². The maximum Gasteiger partial charge on any atom is 0.0850 e. The van der Waals surface area contributed by atoms with Crippen LogP contribution in [-0.2, 0) is 4.74 Å². The maximum absolute atomic E-state index is 5.62. The summed E-state index contributed by atoms with van der Waals surface area (Å²) in [5.74, 6) is 0. The Hall–Kier alpha value is -1.22. The Labute approximate surface area is 90.6 Å². The second-order valence-electron chi connectivity index (χ2n) is 4.22. The van der Waals surface area contributed by atoms with Gasteiger partial charge in [-0.1, -0.05) is 0 Å². The molecule has 0 spiro atoms. The van der Waals surface area contributed by atoms with Crippen molar-refractivity contribution in [1.82, 2.24) is 0 Å². The van der Waals surface area contributed by atoms with Gasteiger partial charge in [0.15, 0.2) is 0 Å². The van der Waals surface area contributed by atoms with Crippen LogP contribution in [0.4, 0.5) is 11.4 Å². The predicted molar refractivity (Wildman–Crippen MR) is 62.9 cm³/mol. The molecule has 0 unspecified atom stereocenters. The lowest BCUT2D eigenvalue weighted by Crippen LogP contribution is -2.45. The minimum absolute atomic E-state index is 0.0708. The zero-order valence-corrected chi connectivity index (χ0v) is 9.12. The Kier molecular flexibility index (Phi) is 2.82. The number of ether oxygens (including phenoxy) is 1. The molecule has 0 bridgehead atoms. The third kappa shape index (κ3) is 2.23. The highest BCUT2D eigenvalue weighted by molar-refractivity contribution is 5.51. The summed E-state index contributed by atoms with van der Waals surface area (Å²) < 4.78 is 5.53. The van der Waals surface area contributed by atoms with Gasteiger partial charge in [0.2, 0.25) is 0 Å². The smallest absolute Gasteiger partial charge is 0.0850 e. The van der Waals surface area contributed by atoms with Gasteiger partial charge in [0.05, 0.1) is 5.60 Å². The summed E-state index contributed by atoms with van der Waals surface area (Å²) in [6.45, 7) is 0.882. The fraction of sp³-hybridized carbons (Fsp3) is 0.500. The van der Waals surface area contributed by atoms with E-state index < -0.39 is 0 Å². The molecule has 0 radical (unpaired) electrons. The highest BCUT2D eigenvalue weighted by Gasteiger charge is 2.36. The van der Waals surface area contributed by atoms with E-state index in [-0.39, 0.29) is 5.60 Å². The van der Waals surface area contributed by atoms with Crippen molar-refractivity contribution in [2.75, 3.05) is 24.7 Å². The number of anilines is 2. The van der Waals surface area contributed by atoms with Crippen LogP contribution in [0.1, 0.15) is 19.3 Å². The van der Waals surface area contributed by atoms with Crippen molar-refractivity contribution in [3.63, 3.8) is 0 Å². The third-order valence-electron chi connectivity index (χ3n) is 3.22. The van der Waals surface area contributed by atoms with Crippen molar-refractivity contribution in [2.24, 2.45) is 0 Å². The van der Waals surface area contributed by atoms with Crippen molar-refractivity contribution in [3.8, 4) is 0 Å². The van der Waals surface area contributed by atoms with Gasteiger partial charge in [-0.05, 0) is 43.5 Å². The first-order valence-electron chi connectivity index (χ1n) is 5.39. The van der Waals surface area contributed by atoms with Gasteiger partial charge < -0.3 is 15.8 Å². The van der Waals surface area contributed by atoms with Crippen molar-refractivity contribution in [2.45, 2.75) is 24.9 Å². The summed E-state index contributed by atoms with van der Waals surface area (Å²) in [6, 6.07) is 7.81. The minimum Gasteiger partial charge on any atom is -0.399 e. The van der Waals surface area contributed by atoms with Crippen LogP contribution in [0.2, 0.25) is 0 Å². The first kappa shape index (κ1) is 10.3. The van der Waals surface area contributed by atoms with E-state index in [1.165, 1.54) is 6.42 Å². The molecule has 0 aromatic heterocycles. The summed E-state index contributed by atoms with van der Waals surface area (Å²) in [6.07, 6.45) is 3.59. The molecular formula is C12H18N2O. The molecule has 1 aromatic rings. The molecule has 2 rings (SSSR count). The molecule has 0 amide bonds. The van der Waals surface area contributed by atoms with Crippen LogP contribution in [-0.4, -0.2) is 19.3 Å². The van der Waals surface area contributed by atoms with Crippen molar-refractivity contribution in [1.29, 1.82) is 0 Å². The summed E-state index contributed by atoms with van der Waals surface area (Å²) in [4.78, 5) is 0. The van der Waals surface area contributed by atoms with E-state index in [0.29, 0.717) is 0 Å². The largest absolute Gasteiger partial charge is 0.399 e. The number of benzene rings is 1. The summed E-state index contributed by atoms with van der Waals surface area (Å²) in [7, 11) is 1.80. The molecule has 1 aromatic carbocycles. The van der Waals surface area contributed by atoms with E-state index in [1.807, 2.05) is 24.3 Å². The quantitative estimate of drug-likeness (QED) is 0.743. The van der Waals surface area contributed by atoms with Crippen molar-refractivity contribution in [3.05, 3.63) is 24.3 Å². The van der Waals surface area contributed by atoms with Crippen LogP contribution < -0.4 is 11.1 Å². The van der Waals surface area contributed by atoms with E-state index in [4.69, 9.17) is 10.5 Å². The lowest BCUT2D eigenvalue weighted by molar-refractivity contribution is -0.0601. The molecule has 0 heterocycles. The molecule has 0 aliphatic heterocycles. The Morgan fingerprint density at radius 1 is 1.33 bits per heavy atom. The second-order valence-corrected chi connectivity index (χ2v) is 4.22. The van der Waals surface area contributed by atoms with E-state index in [2.05, 4.69) is 5.32 Å². The number of nitrogen functional groups attached to an aromatic ring is 1. The van der Waals surface area contributed by atoms with Gasteiger partial charge in [-0.2, -0.15) is 0 Å². The average molecular weight is 206 g/mol. The highest BCUT2D eigenvalue weighted by Crippen LogP contribution is 2.35. The molecule has 1 aliphatic rings. The zero-order chi connectivity index (χ0) is 10.7. The van der Waals surface area contributed by atoms with Crippen LogP contribution >= 0.6 is 0 Å². The van der Waals surface area contributed by atoms with Gasteiger partial charge in [-0.15, -0.1) is 0 Å². The number of rotatable bonds is 4. The average Bonchev–Trinajstić information content (AvgIpc) is 2.20. The molecule has 1 aliphatic carbocycles. The molecule has 3 nitrogen and oxygen atoms in total. The first-order chi connectivity index (χ1) is 7.24.